The average molecular weight is 255 g/mol. The zero-order valence-corrected chi connectivity index (χ0v) is 11.1. The second-order valence-electron chi connectivity index (χ2n) is 3.34. The van der Waals surface area contributed by atoms with Crippen LogP contribution in [0.15, 0.2) is 17.0 Å². The Bertz CT molecular complexity index is 407. The molecule has 2 N–H and O–H groups in total. The molecule has 5 heteroatoms. The monoisotopic (exact) mass is 255 g/mol. The Morgan fingerprint density at radius 1 is 1.29 bits per heavy atom. The molecule has 1 aromatic carbocycles. The number of carbonyl (C=O) groups is 1. The maximum absolute atomic E-state index is 12.0. The number of ether oxygens (including phenoxy) is 2. The summed E-state index contributed by atoms with van der Waals surface area (Å²) in [4.78, 5) is 12.8. The van der Waals surface area contributed by atoms with Gasteiger partial charge >= 0.3 is 0 Å². The van der Waals surface area contributed by atoms with Gasteiger partial charge in [-0.15, -0.1) is 11.8 Å². The fourth-order valence-electron chi connectivity index (χ4n) is 1.60. The third-order valence-corrected chi connectivity index (χ3v) is 3.19. The second-order valence-corrected chi connectivity index (χ2v) is 4.16. The number of thioether (sulfide) groups is 1. The third kappa shape index (κ3) is 2.92. The molecule has 0 spiro atoms. The molecular weight excluding hydrogens is 238 g/mol. The highest BCUT2D eigenvalue weighted by molar-refractivity contribution is 7.98. The molecule has 0 aliphatic heterocycles. The molecule has 0 aliphatic rings. The number of hydrogen-bond acceptors (Lipinski definition) is 5. The van der Waals surface area contributed by atoms with Gasteiger partial charge in [-0.3, -0.25) is 4.79 Å². The molecule has 0 unspecified atom stereocenters. The summed E-state index contributed by atoms with van der Waals surface area (Å²) in [6.07, 6.45) is 2.20. The molecule has 0 atom stereocenters. The average Bonchev–Trinajstić information content (AvgIpc) is 2.36. The first kappa shape index (κ1) is 13.9. The zero-order valence-electron chi connectivity index (χ0n) is 10.3. The number of nitrogens with two attached hydrogens (primary N) is 1. The van der Waals surface area contributed by atoms with Crippen molar-refractivity contribution in [3.05, 3.63) is 17.7 Å². The SMILES string of the molecule is COc1ccc(OC)c(C(=O)CCN)c1SC. The molecule has 0 radical (unpaired) electrons. The molecule has 17 heavy (non-hydrogen) atoms. The van der Waals surface area contributed by atoms with Crippen molar-refractivity contribution in [3.63, 3.8) is 0 Å². The highest BCUT2D eigenvalue weighted by Gasteiger charge is 2.19. The van der Waals surface area contributed by atoms with Crippen LogP contribution in [0.5, 0.6) is 11.5 Å². The van der Waals surface area contributed by atoms with E-state index >= 15 is 0 Å². The molecule has 0 aliphatic carbocycles. The predicted octanol–water partition coefficient (Wildman–Crippen LogP) is 1.96. The summed E-state index contributed by atoms with van der Waals surface area (Å²) < 4.78 is 10.5. The van der Waals surface area contributed by atoms with Crippen LogP contribution in [0, 0.1) is 0 Å². The molecule has 0 saturated carbocycles. The summed E-state index contributed by atoms with van der Waals surface area (Å²) >= 11 is 1.46. The topological polar surface area (TPSA) is 61.5 Å². The quantitative estimate of drug-likeness (QED) is 0.622. The number of rotatable bonds is 6. The van der Waals surface area contributed by atoms with Crippen molar-refractivity contribution in [1.82, 2.24) is 0 Å². The normalized spacial score (nSPS) is 10.1. The van der Waals surface area contributed by atoms with Gasteiger partial charge in [0.25, 0.3) is 0 Å². The van der Waals surface area contributed by atoms with E-state index in [0.29, 0.717) is 30.0 Å². The van der Waals surface area contributed by atoms with Gasteiger partial charge in [-0.1, -0.05) is 0 Å². The second kappa shape index (κ2) is 6.51. The van der Waals surface area contributed by atoms with E-state index in [-0.39, 0.29) is 5.78 Å². The van der Waals surface area contributed by atoms with Crippen LogP contribution < -0.4 is 15.2 Å². The number of carbonyl (C=O) groups excluding carboxylic acids is 1. The first-order valence-corrected chi connectivity index (χ1v) is 6.44. The van der Waals surface area contributed by atoms with Crippen molar-refractivity contribution in [1.29, 1.82) is 0 Å². The van der Waals surface area contributed by atoms with Gasteiger partial charge in [0.05, 0.1) is 24.7 Å². The molecule has 0 aromatic heterocycles. The molecule has 0 heterocycles. The molecule has 0 amide bonds. The van der Waals surface area contributed by atoms with Crippen LogP contribution in [-0.2, 0) is 0 Å². The Balaban J connectivity index is 3.34. The lowest BCUT2D eigenvalue weighted by molar-refractivity contribution is 0.0979. The van der Waals surface area contributed by atoms with Crippen LogP contribution in [0.3, 0.4) is 0 Å². The maximum atomic E-state index is 12.0. The van der Waals surface area contributed by atoms with Crippen molar-refractivity contribution >= 4 is 17.5 Å². The van der Waals surface area contributed by atoms with Gasteiger partial charge in [0.1, 0.15) is 11.5 Å². The van der Waals surface area contributed by atoms with Gasteiger partial charge in [0.15, 0.2) is 5.78 Å². The van der Waals surface area contributed by atoms with Crippen LogP contribution in [0.25, 0.3) is 0 Å². The number of ketones is 1. The van der Waals surface area contributed by atoms with Crippen molar-refractivity contribution < 1.29 is 14.3 Å². The van der Waals surface area contributed by atoms with E-state index in [1.165, 1.54) is 11.8 Å². The number of methoxy groups -OCH3 is 2. The number of benzene rings is 1. The van der Waals surface area contributed by atoms with Gasteiger partial charge in [0, 0.05) is 6.42 Å². The fourth-order valence-corrected chi connectivity index (χ4v) is 2.37. The van der Waals surface area contributed by atoms with Crippen LogP contribution in [-0.4, -0.2) is 32.8 Å². The number of hydrogen-bond donors (Lipinski definition) is 1. The van der Waals surface area contributed by atoms with Gasteiger partial charge in [0.2, 0.25) is 0 Å². The van der Waals surface area contributed by atoms with E-state index in [4.69, 9.17) is 15.2 Å². The maximum Gasteiger partial charge on any atom is 0.169 e. The lowest BCUT2D eigenvalue weighted by Gasteiger charge is -2.14. The Morgan fingerprint density at radius 2 is 1.88 bits per heavy atom. The third-order valence-electron chi connectivity index (χ3n) is 2.38. The molecule has 0 bridgehead atoms. The molecule has 0 saturated heterocycles. The van der Waals surface area contributed by atoms with Crippen molar-refractivity contribution in [2.45, 2.75) is 11.3 Å². The van der Waals surface area contributed by atoms with E-state index in [1.54, 1.807) is 26.4 Å². The molecule has 4 nitrogen and oxygen atoms in total. The lowest BCUT2D eigenvalue weighted by Crippen LogP contribution is -2.11. The zero-order chi connectivity index (χ0) is 12.8. The molecule has 0 fully saturated rings. The molecule has 94 valence electrons. The summed E-state index contributed by atoms with van der Waals surface area (Å²) in [6, 6.07) is 3.53. The highest BCUT2D eigenvalue weighted by atomic mass is 32.2. The smallest absolute Gasteiger partial charge is 0.169 e. The largest absolute Gasteiger partial charge is 0.496 e. The minimum Gasteiger partial charge on any atom is -0.496 e. The summed E-state index contributed by atoms with van der Waals surface area (Å²) in [5, 5.41) is 0. The Morgan fingerprint density at radius 3 is 2.35 bits per heavy atom. The number of Topliss-reactive ketones (excluding diaryl/α,β-unsaturated/α-hetero) is 1. The first-order valence-electron chi connectivity index (χ1n) is 5.21. The minimum atomic E-state index is -0.0207. The van der Waals surface area contributed by atoms with E-state index in [9.17, 15) is 4.79 Å². The van der Waals surface area contributed by atoms with Gasteiger partial charge in [-0.05, 0) is 24.9 Å². The predicted molar refractivity (Wildman–Crippen MR) is 69.3 cm³/mol. The Kier molecular flexibility index (Phi) is 5.31. The van der Waals surface area contributed by atoms with Crippen LogP contribution >= 0.6 is 11.8 Å². The van der Waals surface area contributed by atoms with E-state index in [2.05, 4.69) is 0 Å². The molecule has 1 rings (SSSR count). The summed E-state index contributed by atoms with van der Waals surface area (Å²) in [5.74, 6) is 1.22. The molecular formula is C12H17NO3S. The van der Waals surface area contributed by atoms with Crippen molar-refractivity contribution in [3.8, 4) is 11.5 Å². The summed E-state index contributed by atoms with van der Waals surface area (Å²) in [5.41, 5.74) is 5.98. The van der Waals surface area contributed by atoms with Crippen LogP contribution in [0.2, 0.25) is 0 Å². The standard InChI is InChI=1S/C12H17NO3S/c1-15-9-4-5-10(16-2)12(17-3)11(9)8(14)6-7-13/h4-5H,6-7,13H2,1-3H3. The lowest BCUT2D eigenvalue weighted by atomic mass is 10.1. The molecule has 1 aromatic rings. The van der Waals surface area contributed by atoms with Gasteiger partial charge in [-0.2, -0.15) is 0 Å². The highest BCUT2D eigenvalue weighted by Crippen LogP contribution is 2.37. The van der Waals surface area contributed by atoms with Crippen molar-refractivity contribution in [2.75, 3.05) is 27.0 Å². The van der Waals surface area contributed by atoms with E-state index in [0.717, 1.165) is 4.90 Å². The fraction of sp³-hybridized carbons (Fsp3) is 0.417. The van der Waals surface area contributed by atoms with Gasteiger partial charge < -0.3 is 15.2 Å². The van der Waals surface area contributed by atoms with E-state index < -0.39 is 0 Å². The van der Waals surface area contributed by atoms with Crippen LogP contribution in [0.4, 0.5) is 0 Å². The van der Waals surface area contributed by atoms with Crippen LogP contribution in [0.1, 0.15) is 16.8 Å². The summed E-state index contributed by atoms with van der Waals surface area (Å²) in [7, 11) is 3.13. The Hall–Kier alpha value is -1.20. The minimum absolute atomic E-state index is 0.0207. The summed E-state index contributed by atoms with van der Waals surface area (Å²) in [6.45, 7) is 0.326. The Labute approximate surface area is 105 Å². The van der Waals surface area contributed by atoms with E-state index in [1.807, 2.05) is 6.26 Å². The first-order chi connectivity index (χ1) is 8.19. The van der Waals surface area contributed by atoms with Crippen molar-refractivity contribution in [2.24, 2.45) is 5.73 Å². The van der Waals surface area contributed by atoms with Gasteiger partial charge in [-0.25, -0.2) is 0 Å².